The minimum absolute atomic E-state index is 0.920. The average Bonchev–Trinajstić information content (AvgIpc) is 3.01. The van der Waals surface area contributed by atoms with Crippen molar-refractivity contribution in [2.75, 3.05) is 0 Å². The number of hydrogen-bond acceptors (Lipinski definition) is 3. The van der Waals surface area contributed by atoms with Crippen LogP contribution in [-0.2, 0) is 0 Å². The number of aromatic nitrogens is 3. The van der Waals surface area contributed by atoms with E-state index < -0.39 is 8.15 Å². The quantitative estimate of drug-likeness (QED) is 0.139. The van der Waals surface area contributed by atoms with E-state index >= 15 is 0 Å². The Morgan fingerprint density at radius 3 is 2.13 bits per heavy atom. The van der Waals surface area contributed by atoms with Gasteiger partial charge in [-0.1, -0.05) is 42.5 Å². The fraction of sp³-hybridized carbons (Fsp3) is 0. The SMILES string of the molecule is C1=CP(c2cccnc2)Oc2c1[n+]1c3ccc(-c4cccnc4)cc3c3ccccc3c1c1ccccc21. The summed E-state index contributed by atoms with van der Waals surface area (Å²) < 4.78 is 9.19. The molecule has 0 saturated heterocycles. The molecule has 5 heterocycles. The zero-order valence-electron chi connectivity index (χ0n) is 20.3. The third kappa shape index (κ3) is 3.17. The van der Waals surface area contributed by atoms with E-state index in [9.17, 15) is 0 Å². The molecule has 8 rings (SSSR count). The molecule has 0 aliphatic carbocycles. The summed E-state index contributed by atoms with van der Waals surface area (Å²) in [6.07, 6.45) is 9.67. The van der Waals surface area contributed by atoms with Gasteiger partial charge in [-0.2, -0.15) is 0 Å². The second kappa shape index (κ2) is 8.44. The maximum Gasteiger partial charge on any atom is 0.255 e. The van der Waals surface area contributed by atoms with Gasteiger partial charge in [-0.15, -0.1) is 4.40 Å². The van der Waals surface area contributed by atoms with Gasteiger partial charge in [-0.05, 0) is 53.8 Å². The first-order valence-electron chi connectivity index (χ1n) is 12.6. The third-order valence-corrected chi connectivity index (χ3v) is 8.86. The Labute approximate surface area is 220 Å². The Bertz CT molecular complexity index is 2060. The maximum absolute atomic E-state index is 6.80. The summed E-state index contributed by atoms with van der Waals surface area (Å²) >= 11 is 0. The summed E-state index contributed by atoms with van der Waals surface area (Å²) in [6, 6.07) is 32.2. The maximum atomic E-state index is 6.80. The van der Waals surface area contributed by atoms with Gasteiger partial charge in [0.2, 0.25) is 16.8 Å². The highest BCUT2D eigenvalue weighted by Crippen LogP contribution is 2.48. The number of fused-ring (bicyclic) bond motifs is 11. The molecular weight excluding hydrogens is 485 g/mol. The molecule has 5 heteroatoms. The molecule has 0 saturated carbocycles. The van der Waals surface area contributed by atoms with Crippen molar-refractivity contribution in [1.82, 2.24) is 9.97 Å². The molecule has 0 amide bonds. The van der Waals surface area contributed by atoms with Crippen LogP contribution in [0.2, 0.25) is 0 Å². The molecule has 0 spiro atoms. The highest BCUT2D eigenvalue weighted by atomic mass is 31.1. The van der Waals surface area contributed by atoms with E-state index in [1.807, 2.05) is 30.7 Å². The van der Waals surface area contributed by atoms with Crippen LogP contribution in [0.5, 0.6) is 5.75 Å². The van der Waals surface area contributed by atoms with Crippen molar-refractivity contribution >= 4 is 57.5 Å². The van der Waals surface area contributed by atoms with E-state index in [4.69, 9.17) is 4.52 Å². The zero-order chi connectivity index (χ0) is 25.1. The van der Waals surface area contributed by atoms with Crippen LogP contribution >= 0.6 is 8.15 Å². The molecule has 0 bridgehead atoms. The summed E-state index contributed by atoms with van der Waals surface area (Å²) in [5.41, 5.74) is 5.66. The van der Waals surface area contributed by atoms with Crippen LogP contribution in [0.15, 0.2) is 122 Å². The van der Waals surface area contributed by atoms with E-state index in [-0.39, 0.29) is 0 Å². The van der Waals surface area contributed by atoms with Gasteiger partial charge < -0.3 is 4.52 Å². The molecule has 38 heavy (non-hydrogen) atoms. The molecule has 4 nitrogen and oxygen atoms in total. The largest absolute Gasteiger partial charge is 0.457 e. The Morgan fingerprint density at radius 2 is 1.37 bits per heavy atom. The normalized spacial score (nSPS) is 14.7. The van der Waals surface area contributed by atoms with Gasteiger partial charge in [0.1, 0.15) is 8.15 Å². The van der Waals surface area contributed by atoms with Gasteiger partial charge in [0.05, 0.1) is 16.2 Å². The van der Waals surface area contributed by atoms with Gasteiger partial charge >= 0.3 is 0 Å². The minimum Gasteiger partial charge on any atom is -0.457 e. The van der Waals surface area contributed by atoms with E-state index in [1.165, 1.54) is 27.1 Å². The predicted octanol–water partition coefficient (Wildman–Crippen LogP) is 7.43. The number of nitrogens with zero attached hydrogens (tertiary/aromatic N) is 3. The molecule has 0 radical (unpaired) electrons. The molecular formula is C33H21N3OP+. The smallest absolute Gasteiger partial charge is 0.255 e. The van der Waals surface area contributed by atoms with Gasteiger partial charge in [0.15, 0.2) is 0 Å². The van der Waals surface area contributed by atoms with Gasteiger partial charge in [-0.25, -0.2) is 0 Å². The van der Waals surface area contributed by atoms with Crippen molar-refractivity contribution in [2.24, 2.45) is 0 Å². The van der Waals surface area contributed by atoms with Crippen LogP contribution in [0, 0.1) is 0 Å². The Hall–Kier alpha value is -4.66. The number of rotatable bonds is 2. The Balaban J connectivity index is 1.52. The Kier molecular flexibility index (Phi) is 4.76. The molecule has 0 fully saturated rings. The first kappa shape index (κ1) is 21.4. The highest BCUT2D eigenvalue weighted by molar-refractivity contribution is 7.64. The van der Waals surface area contributed by atoms with Crippen molar-refractivity contribution < 1.29 is 8.92 Å². The lowest BCUT2D eigenvalue weighted by Crippen LogP contribution is -2.29. The van der Waals surface area contributed by atoms with Crippen LogP contribution in [0.25, 0.3) is 55.2 Å². The molecule has 3 aromatic carbocycles. The zero-order valence-corrected chi connectivity index (χ0v) is 21.2. The fourth-order valence-electron chi connectivity index (χ4n) is 5.60. The topological polar surface area (TPSA) is 39.1 Å². The van der Waals surface area contributed by atoms with Crippen molar-refractivity contribution in [2.45, 2.75) is 0 Å². The minimum atomic E-state index is -0.959. The second-order valence-electron chi connectivity index (χ2n) is 9.41. The van der Waals surface area contributed by atoms with Crippen molar-refractivity contribution in [1.29, 1.82) is 0 Å². The van der Waals surface area contributed by atoms with Gasteiger partial charge in [0, 0.05) is 58.6 Å². The third-order valence-electron chi connectivity index (χ3n) is 7.29. The molecule has 1 atom stereocenters. The van der Waals surface area contributed by atoms with E-state index in [1.54, 1.807) is 6.20 Å². The summed E-state index contributed by atoms with van der Waals surface area (Å²) in [6.45, 7) is 0. The van der Waals surface area contributed by atoms with E-state index in [0.29, 0.717) is 0 Å². The first-order valence-corrected chi connectivity index (χ1v) is 13.9. The van der Waals surface area contributed by atoms with Crippen molar-refractivity contribution in [3.8, 4) is 16.9 Å². The highest BCUT2D eigenvalue weighted by Gasteiger charge is 2.31. The van der Waals surface area contributed by atoms with Crippen LogP contribution in [0.3, 0.4) is 0 Å². The second-order valence-corrected chi connectivity index (χ2v) is 11.1. The molecule has 7 aromatic rings. The average molecular weight is 507 g/mol. The lowest BCUT2D eigenvalue weighted by Gasteiger charge is -2.21. The molecule has 178 valence electrons. The molecule has 4 aromatic heterocycles. The van der Waals surface area contributed by atoms with E-state index in [2.05, 4.69) is 105 Å². The number of pyridine rings is 4. The number of hydrogen-bond donors (Lipinski definition) is 0. The molecule has 1 aliphatic heterocycles. The lowest BCUT2D eigenvalue weighted by atomic mass is 9.97. The van der Waals surface area contributed by atoms with Crippen molar-refractivity contribution in [3.05, 3.63) is 127 Å². The fourth-order valence-corrected chi connectivity index (χ4v) is 7.02. The monoisotopic (exact) mass is 506 g/mol. The first-order chi connectivity index (χ1) is 18.9. The van der Waals surface area contributed by atoms with Crippen LogP contribution < -0.4 is 14.2 Å². The van der Waals surface area contributed by atoms with Crippen molar-refractivity contribution in [3.63, 3.8) is 0 Å². The summed E-state index contributed by atoms with van der Waals surface area (Å²) in [7, 11) is -0.959. The Morgan fingerprint density at radius 1 is 0.632 bits per heavy atom. The molecule has 1 aliphatic rings. The van der Waals surface area contributed by atoms with Gasteiger partial charge in [0.25, 0.3) is 5.69 Å². The van der Waals surface area contributed by atoms with Gasteiger partial charge in [-0.3, -0.25) is 9.97 Å². The summed E-state index contributed by atoms with van der Waals surface area (Å²) in [5.74, 6) is 3.12. The summed E-state index contributed by atoms with van der Waals surface area (Å²) in [5, 5.41) is 7.05. The van der Waals surface area contributed by atoms with Crippen LogP contribution in [0.1, 0.15) is 5.69 Å². The summed E-state index contributed by atoms with van der Waals surface area (Å²) in [4.78, 5) is 8.67. The number of benzene rings is 3. The van der Waals surface area contributed by atoms with Crippen LogP contribution in [0.4, 0.5) is 0 Å². The molecule has 1 unspecified atom stereocenters. The molecule has 0 N–H and O–H groups in total. The standard InChI is InChI=1S/C33H21N3OP/c1-2-10-26-25(9-1)29-19-22(23-7-5-16-34-20-23)13-14-30(29)36-31-15-18-38(24-8-6-17-35-21-24)37-33(31)28-12-4-3-11-27(28)32(26)36/h1-21H/q+1. The predicted molar refractivity (Wildman–Crippen MR) is 156 cm³/mol. The lowest BCUT2D eigenvalue weighted by molar-refractivity contribution is -0.482. The van der Waals surface area contributed by atoms with Crippen LogP contribution in [-0.4, -0.2) is 9.97 Å². The van der Waals surface area contributed by atoms with E-state index in [0.717, 1.165) is 38.8 Å².